The van der Waals surface area contributed by atoms with Gasteiger partial charge in [0.1, 0.15) is 24.2 Å². The molecule has 0 radical (unpaired) electrons. The van der Waals surface area contributed by atoms with Gasteiger partial charge < -0.3 is 24.8 Å². The summed E-state index contributed by atoms with van der Waals surface area (Å²) >= 11 is 1.45. The van der Waals surface area contributed by atoms with Gasteiger partial charge in [-0.05, 0) is 37.5 Å². The second-order valence-electron chi connectivity index (χ2n) is 10.1. The highest BCUT2D eigenvalue weighted by molar-refractivity contribution is 7.09. The number of nitrogens with one attached hydrogen (secondary N) is 1. The molecule has 0 saturated carbocycles. The molecule has 4 heterocycles. The summed E-state index contributed by atoms with van der Waals surface area (Å²) in [5, 5.41) is 5.30. The summed E-state index contributed by atoms with van der Waals surface area (Å²) in [5.41, 5.74) is 1.18. The van der Waals surface area contributed by atoms with E-state index in [4.69, 9.17) is 4.74 Å². The van der Waals surface area contributed by atoms with Crippen molar-refractivity contribution in [2.24, 2.45) is 0 Å². The molecule has 210 valence electrons. The van der Waals surface area contributed by atoms with E-state index in [1.54, 1.807) is 18.5 Å². The van der Waals surface area contributed by atoms with E-state index in [9.17, 15) is 14.4 Å². The van der Waals surface area contributed by atoms with E-state index in [1.807, 2.05) is 58.3 Å². The van der Waals surface area contributed by atoms with Gasteiger partial charge in [-0.25, -0.2) is 19.6 Å². The van der Waals surface area contributed by atoms with Crippen molar-refractivity contribution in [1.82, 2.24) is 25.1 Å². The normalized spacial score (nSPS) is 16.9. The first kappa shape index (κ1) is 27.6. The molecular formula is C29H34N6O4S. The van der Waals surface area contributed by atoms with Gasteiger partial charge in [0.15, 0.2) is 0 Å². The molecule has 1 aromatic carbocycles. The van der Waals surface area contributed by atoms with Gasteiger partial charge in [-0.1, -0.05) is 36.4 Å². The van der Waals surface area contributed by atoms with Crippen molar-refractivity contribution in [3.8, 4) is 0 Å². The van der Waals surface area contributed by atoms with Crippen molar-refractivity contribution in [3.63, 3.8) is 0 Å². The Balaban J connectivity index is 1.05. The number of nitrogens with zero attached hydrogens (tertiary/aromatic N) is 5. The predicted molar refractivity (Wildman–Crippen MR) is 152 cm³/mol. The van der Waals surface area contributed by atoms with E-state index in [0.29, 0.717) is 31.9 Å². The van der Waals surface area contributed by atoms with Gasteiger partial charge in [-0.3, -0.25) is 4.79 Å². The van der Waals surface area contributed by atoms with Crippen LogP contribution in [-0.4, -0.2) is 83.0 Å². The Morgan fingerprint density at radius 1 is 0.975 bits per heavy atom. The van der Waals surface area contributed by atoms with Crippen LogP contribution in [0.4, 0.5) is 10.6 Å². The molecule has 2 aromatic heterocycles. The number of anilines is 1. The molecule has 0 spiro atoms. The molecule has 1 unspecified atom stereocenters. The van der Waals surface area contributed by atoms with E-state index < -0.39 is 17.9 Å². The van der Waals surface area contributed by atoms with Crippen LogP contribution in [0.5, 0.6) is 0 Å². The van der Waals surface area contributed by atoms with Crippen molar-refractivity contribution in [2.45, 2.75) is 38.3 Å². The molecule has 2 aliphatic rings. The second-order valence-corrected chi connectivity index (χ2v) is 11.0. The number of carbonyl (C=O) groups is 3. The second kappa shape index (κ2) is 12.9. The van der Waals surface area contributed by atoms with Crippen LogP contribution in [0.3, 0.4) is 0 Å². The van der Waals surface area contributed by atoms with Gasteiger partial charge in [0.25, 0.3) is 5.91 Å². The van der Waals surface area contributed by atoms with E-state index in [-0.39, 0.29) is 18.6 Å². The van der Waals surface area contributed by atoms with Crippen LogP contribution in [0.2, 0.25) is 0 Å². The minimum Gasteiger partial charge on any atom is -0.459 e. The van der Waals surface area contributed by atoms with Crippen LogP contribution in [0.1, 0.15) is 46.7 Å². The van der Waals surface area contributed by atoms with Crippen molar-refractivity contribution in [2.75, 3.05) is 44.2 Å². The van der Waals surface area contributed by atoms with Crippen LogP contribution in [0.15, 0.2) is 60.1 Å². The van der Waals surface area contributed by atoms with Gasteiger partial charge in [0.2, 0.25) is 0 Å². The van der Waals surface area contributed by atoms with Crippen LogP contribution in [0, 0.1) is 0 Å². The SMILES string of the molecule is CC(NC(=O)c1csc(C2CCN(C(=O)N3CCN(c4ccccn4)CC3)CC2)n1)C(=O)OCc1ccccc1. The number of pyridine rings is 1. The lowest BCUT2D eigenvalue weighted by atomic mass is 9.98. The molecule has 5 rings (SSSR count). The highest BCUT2D eigenvalue weighted by atomic mass is 32.1. The zero-order chi connectivity index (χ0) is 27.9. The maximum Gasteiger partial charge on any atom is 0.328 e. The van der Waals surface area contributed by atoms with Gasteiger partial charge in [-0.2, -0.15) is 0 Å². The zero-order valence-electron chi connectivity index (χ0n) is 22.6. The molecule has 2 fully saturated rings. The van der Waals surface area contributed by atoms with Crippen molar-refractivity contribution >= 4 is 35.1 Å². The standard InChI is InChI=1S/C29H34N6O4S/c1-21(28(37)39-19-22-7-3-2-4-8-22)31-26(36)24-20-40-27(32-24)23-10-13-34(14-11-23)29(38)35-17-15-33(16-18-35)25-9-5-6-12-30-25/h2-9,12,20-21,23H,10-11,13-19H2,1H3,(H,31,36). The fourth-order valence-corrected chi connectivity index (χ4v) is 5.92. The van der Waals surface area contributed by atoms with Crippen molar-refractivity contribution < 1.29 is 19.1 Å². The average molecular weight is 563 g/mol. The number of hydrogen-bond acceptors (Lipinski definition) is 8. The highest BCUT2D eigenvalue weighted by Gasteiger charge is 2.31. The topological polar surface area (TPSA) is 108 Å². The number of amides is 3. The number of urea groups is 1. The van der Waals surface area contributed by atoms with Crippen LogP contribution < -0.4 is 10.2 Å². The third-order valence-corrected chi connectivity index (χ3v) is 8.33. The van der Waals surface area contributed by atoms with Crippen LogP contribution in [-0.2, 0) is 16.1 Å². The number of benzene rings is 1. The Kier molecular flexibility index (Phi) is 8.90. The number of piperazine rings is 1. The number of thiazole rings is 1. The number of rotatable bonds is 7. The first-order valence-electron chi connectivity index (χ1n) is 13.6. The lowest BCUT2D eigenvalue weighted by molar-refractivity contribution is -0.146. The molecule has 11 heteroatoms. The van der Waals surface area contributed by atoms with Crippen molar-refractivity contribution in [1.29, 1.82) is 0 Å². The largest absolute Gasteiger partial charge is 0.459 e. The number of ether oxygens (including phenoxy) is 1. The maximum absolute atomic E-state index is 13.1. The average Bonchev–Trinajstić information content (AvgIpc) is 3.51. The minimum absolute atomic E-state index is 0.0893. The number of carbonyl (C=O) groups excluding carboxylic acids is 3. The smallest absolute Gasteiger partial charge is 0.328 e. The molecule has 10 nitrogen and oxygen atoms in total. The fourth-order valence-electron chi connectivity index (χ4n) is 4.95. The lowest BCUT2D eigenvalue weighted by Gasteiger charge is -2.39. The number of aromatic nitrogens is 2. The van der Waals surface area contributed by atoms with Crippen molar-refractivity contribution in [3.05, 3.63) is 76.4 Å². The van der Waals surface area contributed by atoms with Gasteiger partial charge >= 0.3 is 12.0 Å². The lowest BCUT2D eigenvalue weighted by Crippen LogP contribution is -2.54. The Morgan fingerprint density at radius 2 is 1.68 bits per heavy atom. The van der Waals surface area contributed by atoms with E-state index in [0.717, 1.165) is 42.3 Å². The molecule has 2 aliphatic heterocycles. The molecule has 3 amide bonds. The van der Waals surface area contributed by atoms with E-state index in [2.05, 4.69) is 20.2 Å². The first-order valence-corrected chi connectivity index (χ1v) is 14.5. The third kappa shape index (κ3) is 6.77. The summed E-state index contributed by atoms with van der Waals surface area (Å²) in [6, 6.07) is 14.6. The summed E-state index contributed by atoms with van der Waals surface area (Å²) < 4.78 is 5.31. The van der Waals surface area contributed by atoms with Crippen LogP contribution >= 0.6 is 11.3 Å². The third-order valence-electron chi connectivity index (χ3n) is 7.32. The summed E-state index contributed by atoms with van der Waals surface area (Å²) in [6.07, 6.45) is 3.40. The minimum atomic E-state index is -0.790. The Labute approximate surface area is 238 Å². The molecule has 0 aliphatic carbocycles. The molecule has 1 atom stereocenters. The molecule has 40 heavy (non-hydrogen) atoms. The number of esters is 1. The monoisotopic (exact) mass is 562 g/mol. The first-order chi connectivity index (χ1) is 19.5. The quantitative estimate of drug-likeness (QED) is 0.439. The van der Waals surface area contributed by atoms with Gasteiger partial charge in [-0.15, -0.1) is 11.3 Å². The zero-order valence-corrected chi connectivity index (χ0v) is 23.4. The Morgan fingerprint density at radius 3 is 2.38 bits per heavy atom. The number of piperidine rings is 1. The van der Waals surface area contributed by atoms with E-state index in [1.165, 1.54) is 11.3 Å². The molecule has 1 N–H and O–H groups in total. The number of likely N-dealkylation sites (tertiary alicyclic amines) is 1. The maximum atomic E-state index is 13.1. The highest BCUT2D eigenvalue weighted by Crippen LogP contribution is 2.31. The Hall–Kier alpha value is -3.99. The van der Waals surface area contributed by atoms with Crippen LogP contribution in [0.25, 0.3) is 0 Å². The van der Waals surface area contributed by atoms with Gasteiger partial charge in [0.05, 0.1) is 5.01 Å². The predicted octanol–water partition coefficient (Wildman–Crippen LogP) is 3.52. The summed E-state index contributed by atoms with van der Waals surface area (Å²) in [6.45, 7) is 5.98. The summed E-state index contributed by atoms with van der Waals surface area (Å²) in [5.74, 6) is 0.251. The molecule has 3 aromatic rings. The van der Waals surface area contributed by atoms with E-state index >= 15 is 0 Å². The van der Waals surface area contributed by atoms with Gasteiger partial charge in [0, 0.05) is 56.8 Å². The molecule has 0 bridgehead atoms. The Bertz CT molecular complexity index is 1290. The summed E-state index contributed by atoms with van der Waals surface area (Å²) in [4.78, 5) is 53.2. The molecule has 2 saturated heterocycles. The summed E-state index contributed by atoms with van der Waals surface area (Å²) in [7, 11) is 0. The number of hydrogen-bond donors (Lipinski definition) is 1. The fraction of sp³-hybridized carbons (Fsp3) is 0.414. The molecular weight excluding hydrogens is 528 g/mol.